The van der Waals surface area contributed by atoms with Crippen molar-refractivity contribution in [2.75, 3.05) is 0 Å². The largest absolute Gasteiger partial charge is 0.387 e. The minimum absolute atomic E-state index is 0.0207. The summed E-state index contributed by atoms with van der Waals surface area (Å²) in [6.45, 7) is 0. The van der Waals surface area contributed by atoms with Crippen LogP contribution in [0.4, 0.5) is 4.39 Å². The monoisotopic (exact) mass is 253 g/mol. The molecule has 0 aliphatic heterocycles. The van der Waals surface area contributed by atoms with Crippen molar-refractivity contribution in [3.8, 4) is 6.07 Å². The molecule has 0 spiro atoms. The Morgan fingerprint density at radius 2 is 2.06 bits per heavy atom. The lowest BCUT2D eigenvalue weighted by Crippen LogP contribution is -2.24. The van der Waals surface area contributed by atoms with E-state index in [4.69, 9.17) is 11.6 Å². The van der Waals surface area contributed by atoms with E-state index in [1.165, 1.54) is 18.2 Å². The Bertz CT molecular complexity index is 463. The number of aliphatic hydroxyl groups excluding tert-OH is 1. The van der Waals surface area contributed by atoms with Gasteiger partial charge in [0, 0.05) is 0 Å². The van der Waals surface area contributed by atoms with Gasteiger partial charge in [-0.15, -0.1) is 0 Å². The van der Waals surface area contributed by atoms with Crippen LogP contribution in [0.3, 0.4) is 0 Å². The van der Waals surface area contributed by atoms with Crippen molar-refractivity contribution in [1.29, 1.82) is 5.26 Å². The third-order valence-electron chi connectivity index (χ3n) is 3.50. The van der Waals surface area contributed by atoms with Crippen LogP contribution in [0.1, 0.15) is 37.4 Å². The molecule has 90 valence electrons. The van der Waals surface area contributed by atoms with Crippen LogP contribution >= 0.6 is 11.6 Å². The van der Waals surface area contributed by atoms with E-state index in [1.54, 1.807) is 0 Å². The molecule has 1 aliphatic carbocycles. The molecule has 0 amide bonds. The van der Waals surface area contributed by atoms with Crippen molar-refractivity contribution in [2.45, 2.75) is 31.8 Å². The van der Waals surface area contributed by atoms with E-state index in [9.17, 15) is 14.8 Å². The van der Waals surface area contributed by atoms with Crippen molar-refractivity contribution in [3.63, 3.8) is 0 Å². The van der Waals surface area contributed by atoms with Gasteiger partial charge in [-0.1, -0.05) is 30.5 Å². The normalized spacial score (nSPS) is 19.9. The van der Waals surface area contributed by atoms with E-state index in [0.717, 1.165) is 12.8 Å². The van der Waals surface area contributed by atoms with Gasteiger partial charge in [-0.25, -0.2) is 4.39 Å². The van der Waals surface area contributed by atoms with Crippen LogP contribution in [-0.4, -0.2) is 5.11 Å². The smallest absolute Gasteiger partial charge is 0.141 e. The summed E-state index contributed by atoms with van der Waals surface area (Å²) in [5.41, 5.74) is -0.221. The van der Waals surface area contributed by atoms with Crippen molar-refractivity contribution in [2.24, 2.45) is 5.41 Å². The van der Waals surface area contributed by atoms with Crippen molar-refractivity contribution in [3.05, 3.63) is 34.6 Å². The summed E-state index contributed by atoms with van der Waals surface area (Å²) >= 11 is 5.68. The van der Waals surface area contributed by atoms with Gasteiger partial charge in [0.15, 0.2) is 0 Å². The summed E-state index contributed by atoms with van der Waals surface area (Å²) in [6, 6.07) is 6.34. The number of rotatable bonds is 2. The van der Waals surface area contributed by atoms with E-state index >= 15 is 0 Å². The molecule has 2 rings (SSSR count). The minimum atomic E-state index is -0.895. The SMILES string of the molecule is N#CC1(C(O)c2ccc(F)c(Cl)c2)CCCC1. The summed E-state index contributed by atoms with van der Waals surface area (Å²) in [6.07, 6.45) is 2.35. The zero-order valence-corrected chi connectivity index (χ0v) is 10.0. The highest BCUT2D eigenvalue weighted by Crippen LogP contribution is 2.47. The van der Waals surface area contributed by atoms with Crippen molar-refractivity contribution >= 4 is 11.6 Å². The fourth-order valence-corrected chi connectivity index (χ4v) is 2.64. The molecule has 1 atom stereocenters. The molecule has 1 unspecified atom stereocenters. The van der Waals surface area contributed by atoms with Gasteiger partial charge in [-0.3, -0.25) is 0 Å². The highest BCUT2D eigenvalue weighted by molar-refractivity contribution is 6.30. The van der Waals surface area contributed by atoms with Crippen LogP contribution in [0.2, 0.25) is 5.02 Å². The highest BCUT2D eigenvalue weighted by Gasteiger charge is 2.41. The van der Waals surface area contributed by atoms with E-state index in [0.29, 0.717) is 18.4 Å². The first-order valence-corrected chi connectivity index (χ1v) is 6.01. The Morgan fingerprint density at radius 3 is 2.59 bits per heavy atom. The molecule has 17 heavy (non-hydrogen) atoms. The number of benzene rings is 1. The van der Waals surface area contributed by atoms with Crippen molar-refractivity contribution < 1.29 is 9.50 Å². The number of aliphatic hydroxyl groups is 1. The minimum Gasteiger partial charge on any atom is -0.387 e. The molecule has 0 radical (unpaired) electrons. The lowest BCUT2D eigenvalue weighted by molar-refractivity contribution is 0.0670. The number of hydrogen-bond donors (Lipinski definition) is 1. The van der Waals surface area contributed by atoms with Gasteiger partial charge in [0.25, 0.3) is 0 Å². The predicted octanol–water partition coefficient (Wildman–Crippen LogP) is 3.60. The topological polar surface area (TPSA) is 44.0 Å². The van der Waals surface area contributed by atoms with Crippen molar-refractivity contribution in [1.82, 2.24) is 0 Å². The van der Waals surface area contributed by atoms with E-state index in [1.807, 2.05) is 0 Å². The van der Waals surface area contributed by atoms with Gasteiger partial charge in [0.2, 0.25) is 0 Å². The highest BCUT2D eigenvalue weighted by atomic mass is 35.5. The van der Waals surface area contributed by atoms with Crippen LogP contribution in [-0.2, 0) is 0 Å². The number of nitriles is 1. The van der Waals surface area contributed by atoms with Gasteiger partial charge in [-0.2, -0.15) is 5.26 Å². The third kappa shape index (κ3) is 2.15. The lowest BCUT2D eigenvalue weighted by atomic mass is 9.79. The third-order valence-corrected chi connectivity index (χ3v) is 3.79. The second-order valence-electron chi connectivity index (χ2n) is 4.55. The van der Waals surface area contributed by atoms with E-state index in [2.05, 4.69) is 6.07 Å². The van der Waals surface area contributed by atoms with Crippen LogP contribution < -0.4 is 0 Å². The zero-order chi connectivity index (χ0) is 12.5. The van der Waals surface area contributed by atoms with Gasteiger partial charge in [-0.05, 0) is 30.5 Å². The first kappa shape index (κ1) is 12.3. The van der Waals surface area contributed by atoms with Gasteiger partial charge in [0.05, 0.1) is 22.6 Å². The number of halogens is 2. The first-order chi connectivity index (χ1) is 8.09. The molecule has 1 aliphatic rings. The lowest BCUT2D eigenvalue weighted by Gasteiger charge is -2.27. The molecule has 1 fully saturated rings. The summed E-state index contributed by atoms with van der Waals surface area (Å²) in [5, 5.41) is 19.5. The van der Waals surface area contributed by atoms with E-state index in [-0.39, 0.29) is 5.02 Å². The van der Waals surface area contributed by atoms with Gasteiger partial charge in [0.1, 0.15) is 5.82 Å². The Balaban J connectivity index is 2.33. The van der Waals surface area contributed by atoms with Crippen LogP contribution in [0.5, 0.6) is 0 Å². The fraction of sp³-hybridized carbons (Fsp3) is 0.462. The average molecular weight is 254 g/mol. The number of hydrogen-bond acceptors (Lipinski definition) is 2. The molecule has 1 aromatic carbocycles. The predicted molar refractivity (Wildman–Crippen MR) is 62.9 cm³/mol. The molecule has 0 saturated heterocycles. The standard InChI is InChI=1S/C13H13ClFNO/c14-10-7-9(3-4-11(10)15)12(17)13(8-16)5-1-2-6-13/h3-4,7,12,17H,1-2,5-6H2. The molecule has 2 nitrogen and oxygen atoms in total. The molecular weight excluding hydrogens is 241 g/mol. The second kappa shape index (κ2) is 4.64. The Hall–Kier alpha value is -1.11. The Kier molecular flexibility index (Phi) is 3.37. The average Bonchev–Trinajstić information content (AvgIpc) is 2.81. The number of nitrogens with zero attached hydrogens (tertiary/aromatic N) is 1. The molecule has 0 aromatic heterocycles. The Morgan fingerprint density at radius 1 is 1.41 bits per heavy atom. The molecular formula is C13H13ClFNO. The molecule has 0 heterocycles. The van der Waals surface area contributed by atoms with Crippen LogP contribution in [0, 0.1) is 22.6 Å². The maximum Gasteiger partial charge on any atom is 0.141 e. The molecule has 4 heteroatoms. The zero-order valence-electron chi connectivity index (χ0n) is 9.29. The first-order valence-electron chi connectivity index (χ1n) is 5.63. The molecule has 0 bridgehead atoms. The summed E-state index contributed by atoms with van der Waals surface area (Å²) in [5.74, 6) is -0.514. The van der Waals surface area contributed by atoms with Gasteiger partial charge >= 0.3 is 0 Å². The Labute approximate surface area is 105 Å². The summed E-state index contributed by atoms with van der Waals surface area (Å²) in [7, 11) is 0. The molecule has 1 N–H and O–H groups in total. The van der Waals surface area contributed by atoms with Crippen LogP contribution in [0.25, 0.3) is 0 Å². The maximum atomic E-state index is 13.0. The summed E-state index contributed by atoms with van der Waals surface area (Å²) < 4.78 is 13.0. The quantitative estimate of drug-likeness (QED) is 0.875. The summed E-state index contributed by atoms with van der Waals surface area (Å²) in [4.78, 5) is 0. The van der Waals surface area contributed by atoms with E-state index < -0.39 is 17.3 Å². The van der Waals surface area contributed by atoms with Gasteiger partial charge < -0.3 is 5.11 Å². The molecule has 1 aromatic rings. The van der Waals surface area contributed by atoms with Crippen LogP contribution in [0.15, 0.2) is 18.2 Å². The molecule has 1 saturated carbocycles. The maximum absolute atomic E-state index is 13.0. The fourth-order valence-electron chi connectivity index (χ4n) is 2.45. The second-order valence-corrected chi connectivity index (χ2v) is 4.96.